The Morgan fingerprint density at radius 1 is 1.29 bits per heavy atom. The molecule has 2 aliphatic rings. The SMILES string of the molecule is CC1(C)CC1C(=O)Cc1ccc2c(c1)CCC2. The Balaban J connectivity index is 1.71. The lowest BCUT2D eigenvalue weighted by Gasteiger charge is -2.06. The van der Waals surface area contributed by atoms with Gasteiger partial charge in [0.2, 0.25) is 0 Å². The first-order chi connectivity index (χ1) is 8.06. The molecule has 0 heterocycles. The van der Waals surface area contributed by atoms with Crippen molar-refractivity contribution < 1.29 is 4.79 Å². The lowest BCUT2D eigenvalue weighted by atomic mass is 9.98. The Hall–Kier alpha value is -1.11. The fourth-order valence-electron chi connectivity index (χ4n) is 3.08. The number of ketones is 1. The fourth-order valence-corrected chi connectivity index (χ4v) is 3.08. The smallest absolute Gasteiger partial charge is 0.140 e. The second kappa shape index (κ2) is 3.69. The van der Waals surface area contributed by atoms with Crippen LogP contribution in [0.25, 0.3) is 0 Å². The normalized spacial score (nSPS) is 24.5. The highest BCUT2D eigenvalue weighted by Crippen LogP contribution is 2.52. The second-order valence-electron chi connectivity index (χ2n) is 6.34. The van der Waals surface area contributed by atoms with Crippen molar-refractivity contribution in [3.8, 4) is 0 Å². The van der Waals surface area contributed by atoms with Crippen molar-refractivity contribution in [3.05, 3.63) is 34.9 Å². The van der Waals surface area contributed by atoms with Crippen LogP contribution in [0.5, 0.6) is 0 Å². The van der Waals surface area contributed by atoms with Gasteiger partial charge in [-0.25, -0.2) is 0 Å². The summed E-state index contributed by atoms with van der Waals surface area (Å²) < 4.78 is 0. The number of hydrogen-bond acceptors (Lipinski definition) is 1. The minimum absolute atomic E-state index is 0.272. The van der Waals surface area contributed by atoms with Crippen LogP contribution in [0.2, 0.25) is 0 Å². The Morgan fingerprint density at radius 3 is 2.71 bits per heavy atom. The van der Waals surface area contributed by atoms with E-state index in [1.54, 1.807) is 0 Å². The van der Waals surface area contributed by atoms with Gasteiger partial charge in [-0.05, 0) is 47.8 Å². The molecule has 17 heavy (non-hydrogen) atoms. The second-order valence-corrected chi connectivity index (χ2v) is 6.34. The summed E-state index contributed by atoms with van der Waals surface area (Å²) in [7, 11) is 0. The van der Waals surface area contributed by atoms with Crippen LogP contribution in [0.4, 0.5) is 0 Å². The molecule has 1 atom stereocenters. The quantitative estimate of drug-likeness (QED) is 0.775. The highest BCUT2D eigenvalue weighted by atomic mass is 16.1. The summed E-state index contributed by atoms with van der Waals surface area (Å²) in [5, 5.41) is 0. The van der Waals surface area contributed by atoms with Crippen LogP contribution in [0.3, 0.4) is 0 Å². The molecular weight excluding hydrogens is 208 g/mol. The molecule has 2 aliphatic carbocycles. The van der Waals surface area contributed by atoms with Crippen molar-refractivity contribution in [2.45, 2.75) is 46.0 Å². The molecule has 0 N–H and O–H groups in total. The molecule has 0 bridgehead atoms. The van der Waals surface area contributed by atoms with E-state index in [2.05, 4.69) is 32.0 Å². The number of hydrogen-bond donors (Lipinski definition) is 0. The topological polar surface area (TPSA) is 17.1 Å². The van der Waals surface area contributed by atoms with Crippen molar-refractivity contribution in [2.75, 3.05) is 0 Å². The van der Waals surface area contributed by atoms with Crippen LogP contribution in [0.15, 0.2) is 18.2 Å². The maximum atomic E-state index is 12.1. The summed E-state index contributed by atoms with van der Waals surface area (Å²) in [6.07, 6.45) is 5.42. The summed E-state index contributed by atoms with van der Waals surface area (Å²) in [6.45, 7) is 4.39. The van der Waals surface area contributed by atoms with Crippen LogP contribution >= 0.6 is 0 Å². The van der Waals surface area contributed by atoms with E-state index in [-0.39, 0.29) is 5.41 Å². The Bertz CT molecular complexity index is 470. The van der Waals surface area contributed by atoms with Crippen LogP contribution in [0, 0.1) is 11.3 Å². The Morgan fingerprint density at radius 2 is 2.00 bits per heavy atom. The van der Waals surface area contributed by atoms with Crippen molar-refractivity contribution in [1.82, 2.24) is 0 Å². The third-order valence-corrected chi connectivity index (χ3v) is 4.44. The minimum atomic E-state index is 0.272. The fraction of sp³-hybridized carbons (Fsp3) is 0.562. The summed E-state index contributed by atoms with van der Waals surface area (Å²) in [6, 6.07) is 6.63. The van der Waals surface area contributed by atoms with E-state index in [4.69, 9.17) is 0 Å². The number of benzene rings is 1. The predicted molar refractivity (Wildman–Crippen MR) is 69.1 cm³/mol. The number of carbonyl (C=O) groups excluding carboxylic acids is 1. The molecule has 90 valence electrons. The monoisotopic (exact) mass is 228 g/mol. The molecule has 0 radical (unpaired) electrons. The van der Waals surface area contributed by atoms with Crippen molar-refractivity contribution in [1.29, 1.82) is 0 Å². The molecule has 1 aromatic rings. The molecule has 0 aromatic heterocycles. The Kier molecular flexibility index (Phi) is 2.39. The van der Waals surface area contributed by atoms with Gasteiger partial charge in [0.05, 0.1) is 0 Å². The van der Waals surface area contributed by atoms with Gasteiger partial charge in [-0.2, -0.15) is 0 Å². The van der Waals surface area contributed by atoms with Crippen LogP contribution in [0.1, 0.15) is 43.4 Å². The van der Waals surface area contributed by atoms with Crippen molar-refractivity contribution in [2.24, 2.45) is 11.3 Å². The third kappa shape index (κ3) is 2.03. The number of carbonyl (C=O) groups is 1. The summed E-state index contributed by atoms with van der Waals surface area (Å²) >= 11 is 0. The highest BCUT2D eigenvalue weighted by Gasteiger charge is 2.49. The molecule has 0 saturated heterocycles. The first kappa shape index (κ1) is 11.0. The molecule has 1 aromatic carbocycles. The minimum Gasteiger partial charge on any atom is -0.299 e. The molecule has 1 saturated carbocycles. The van der Waals surface area contributed by atoms with Crippen molar-refractivity contribution >= 4 is 5.78 Å². The molecule has 1 fully saturated rings. The first-order valence-corrected chi connectivity index (χ1v) is 6.70. The van der Waals surface area contributed by atoms with Gasteiger partial charge < -0.3 is 0 Å². The summed E-state index contributed by atoms with van der Waals surface area (Å²) in [5.41, 5.74) is 4.46. The first-order valence-electron chi connectivity index (χ1n) is 6.70. The van der Waals surface area contributed by atoms with Crippen molar-refractivity contribution in [3.63, 3.8) is 0 Å². The van der Waals surface area contributed by atoms with E-state index in [0.717, 1.165) is 6.42 Å². The maximum absolute atomic E-state index is 12.1. The number of rotatable bonds is 3. The molecule has 1 nitrogen and oxygen atoms in total. The van der Waals surface area contributed by atoms with Gasteiger partial charge >= 0.3 is 0 Å². The standard InChI is InChI=1S/C16H20O/c1-16(2)10-14(16)15(17)9-11-6-7-12-4-3-5-13(12)8-11/h6-8,14H,3-5,9-10H2,1-2H3. The van der Waals surface area contributed by atoms with Gasteiger partial charge in [0, 0.05) is 12.3 Å². The van der Waals surface area contributed by atoms with E-state index in [1.807, 2.05) is 0 Å². The van der Waals surface area contributed by atoms with Gasteiger partial charge in [0.1, 0.15) is 5.78 Å². The van der Waals surface area contributed by atoms with Crippen LogP contribution in [-0.4, -0.2) is 5.78 Å². The third-order valence-electron chi connectivity index (χ3n) is 4.44. The molecule has 3 rings (SSSR count). The van der Waals surface area contributed by atoms with Gasteiger partial charge in [0.25, 0.3) is 0 Å². The maximum Gasteiger partial charge on any atom is 0.140 e. The van der Waals surface area contributed by atoms with Gasteiger partial charge in [0.15, 0.2) is 0 Å². The molecule has 1 unspecified atom stereocenters. The molecule has 1 heteroatoms. The van der Waals surface area contributed by atoms with Crippen LogP contribution < -0.4 is 0 Å². The molecule has 0 spiro atoms. The van der Waals surface area contributed by atoms with E-state index >= 15 is 0 Å². The predicted octanol–water partition coefficient (Wildman–Crippen LogP) is 3.33. The van der Waals surface area contributed by atoms with E-state index < -0.39 is 0 Å². The number of Topliss-reactive ketones (excluding diaryl/α,β-unsaturated/α-hetero) is 1. The molecule has 0 amide bonds. The van der Waals surface area contributed by atoms with Gasteiger partial charge in [-0.15, -0.1) is 0 Å². The largest absolute Gasteiger partial charge is 0.299 e. The number of fused-ring (bicyclic) bond motifs is 1. The van der Waals surface area contributed by atoms with E-state index in [1.165, 1.54) is 36.0 Å². The van der Waals surface area contributed by atoms with Gasteiger partial charge in [-0.1, -0.05) is 32.0 Å². The Labute approximate surface area is 103 Å². The summed E-state index contributed by atoms with van der Waals surface area (Å²) in [4.78, 5) is 12.1. The molecule has 0 aliphatic heterocycles. The lowest BCUT2D eigenvalue weighted by molar-refractivity contribution is -0.120. The van der Waals surface area contributed by atoms with E-state index in [0.29, 0.717) is 18.1 Å². The number of aryl methyl sites for hydroxylation is 2. The zero-order valence-corrected chi connectivity index (χ0v) is 10.8. The summed E-state index contributed by atoms with van der Waals surface area (Å²) in [5.74, 6) is 0.753. The molecular formula is C16H20O. The lowest BCUT2D eigenvalue weighted by Crippen LogP contribution is -2.09. The van der Waals surface area contributed by atoms with Gasteiger partial charge in [-0.3, -0.25) is 4.79 Å². The van der Waals surface area contributed by atoms with Crippen LogP contribution in [-0.2, 0) is 24.1 Å². The zero-order valence-electron chi connectivity index (χ0n) is 10.8. The van der Waals surface area contributed by atoms with E-state index in [9.17, 15) is 4.79 Å². The zero-order chi connectivity index (χ0) is 12.0. The highest BCUT2D eigenvalue weighted by molar-refractivity contribution is 5.86. The average molecular weight is 228 g/mol. The average Bonchev–Trinajstić information content (AvgIpc) is 2.73.